The summed E-state index contributed by atoms with van der Waals surface area (Å²) in [5, 5.41) is 2.82. The zero-order chi connectivity index (χ0) is 27.2. The van der Waals surface area contributed by atoms with Gasteiger partial charge in [0.15, 0.2) is 18.1 Å². The van der Waals surface area contributed by atoms with E-state index >= 15 is 0 Å². The van der Waals surface area contributed by atoms with E-state index in [1.54, 1.807) is 35.2 Å². The lowest BCUT2D eigenvalue weighted by Crippen LogP contribution is -2.46. The summed E-state index contributed by atoms with van der Waals surface area (Å²) in [6.45, 7) is 0.998. The number of hydrogen-bond acceptors (Lipinski definition) is 8. The molecule has 200 valence electrons. The average molecular weight is 580 g/mol. The molecular formula is C25H23Cl2N3O7S. The van der Waals surface area contributed by atoms with Crippen LogP contribution in [0.2, 0.25) is 10.0 Å². The van der Waals surface area contributed by atoms with Crippen LogP contribution in [0, 0.1) is 0 Å². The molecule has 4 rings (SSSR count). The Balaban J connectivity index is 1.42. The molecule has 10 nitrogen and oxygen atoms in total. The predicted octanol–water partition coefficient (Wildman–Crippen LogP) is 3.91. The van der Waals surface area contributed by atoms with Crippen molar-refractivity contribution in [2.75, 3.05) is 51.9 Å². The second-order valence-electron chi connectivity index (χ2n) is 8.14. The Morgan fingerprint density at radius 2 is 1.84 bits per heavy atom. The predicted molar refractivity (Wildman–Crippen MR) is 144 cm³/mol. The zero-order valence-corrected chi connectivity index (χ0v) is 22.5. The summed E-state index contributed by atoms with van der Waals surface area (Å²) in [6, 6.07) is 9.68. The summed E-state index contributed by atoms with van der Waals surface area (Å²) < 4.78 is 16.2. The van der Waals surface area contributed by atoms with Crippen LogP contribution in [-0.2, 0) is 19.1 Å². The van der Waals surface area contributed by atoms with Crippen LogP contribution in [0.25, 0.3) is 6.08 Å². The SMILES string of the molecule is COc1cc(/C=C2\SC(=O)N(CC(=O)N3CCOCC3)C2=O)cc(Cl)c1OCC(=O)Nc1ccc(Cl)cc1. The van der Waals surface area contributed by atoms with Crippen LogP contribution in [-0.4, -0.2) is 79.3 Å². The Hall–Kier alpha value is -3.25. The van der Waals surface area contributed by atoms with E-state index in [1.807, 2.05) is 0 Å². The fraction of sp³-hybridized carbons (Fsp3) is 0.280. The van der Waals surface area contributed by atoms with Crippen LogP contribution in [0.5, 0.6) is 11.5 Å². The highest BCUT2D eigenvalue weighted by atomic mass is 35.5. The number of halogens is 2. The van der Waals surface area contributed by atoms with Gasteiger partial charge in [0.25, 0.3) is 17.1 Å². The summed E-state index contributed by atoms with van der Waals surface area (Å²) in [5.41, 5.74) is 1.02. The molecular weight excluding hydrogens is 557 g/mol. The Morgan fingerprint density at radius 1 is 1.13 bits per heavy atom. The first-order valence-corrected chi connectivity index (χ1v) is 13.0. The van der Waals surface area contributed by atoms with Crippen molar-refractivity contribution in [1.82, 2.24) is 9.80 Å². The van der Waals surface area contributed by atoms with Gasteiger partial charge in [-0.1, -0.05) is 23.2 Å². The van der Waals surface area contributed by atoms with Gasteiger partial charge < -0.3 is 24.4 Å². The minimum absolute atomic E-state index is 0.136. The number of hydrogen-bond donors (Lipinski definition) is 1. The number of amides is 4. The lowest BCUT2D eigenvalue weighted by molar-refractivity contribution is -0.139. The Labute approximate surface area is 232 Å². The number of carbonyl (C=O) groups is 4. The number of nitrogens with one attached hydrogen (secondary N) is 1. The van der Waals surface area contributed by atoms with E-state index in [1.165, 1.54) is 19.3 Å². The number of thioether (sulfide) groups is 1. The number of anilines is 1. The van der Waals surface area contributed by atoms with Crippen LogP contribution in [0.3, 0.4) is 0 Å². The Morgan fingerprint density at radius 3 is 2.53 bits per heavy atom. The third kappa shape index (κ3) is 6.79. The smallest absolute Gasteiger partial charge is 0.294 e. The molecule has 1 N–H and O–H groups in total. The molecule has 2 aliphatic rings. The van der Waals surface area contributed by atoms with E-state index in [2.05, 4.69) is 5.32 Å². The van der Waals surface area contributed by atoms with Crippen molar-refractivity contribution >= 4 is 69.7 Å². The monoisotopic (exact) mass is 579 g/mol. The fourth-order valence-electron chi connectivity index (χ4n) is 3.67. The molecule has 0 saturated carbocycles. The minimum atomic E-state index is -0.573. The standard InChI is InChI=1S/C25H23Cl2N3O7S/c1-35-19-11-15(10-18(27)23(19)37-14-21(31)28-17-4-2-16(26)3-5-17)12-20-24(33)30(25(34)38-20)13-22(32)29-6-8-36-9-7-29/h2-5,10-12H,6-9,13-14H2,1H3,(H,28,31)/b20-12-. The molecule has 2 aromatic rings. The van der Waals surface area contributed by atoms with Crippen molar-refractivity contribution in [2.24, 2.45) is 0 Å². The third-order valence-electron chi connectivity index (χ3n) is 5.56. The quantitative estimate of drug-likeness (QED) is 0.468. The lowest BCUT2D eigenvalue weighted by atomic mass is 10.1. The van der Waals surface area contributed by atoms with Crippen molar-refractivity contribution in [2.45, 2.75) is 0 Å². The van der Waals surface area contributed by atoms with Crippen molar-refractivity contribution < 1.29 is 33.4 Å². The van der Waals surface area contributed by atoms with Gasteiger partial charge >= 0.3 is 0 Å². The highest BCUT2D eigenvalue weighted by Crippen LogP contribution is 2.39. The maximum absolute atomic E-state index is 12.9. The first kappa shape index (κ1) is 27.8. The maximum atomic E-state index is 12.9. The van der Waals surface area contributed by atoms with Crippen LogP contribution in [0.4, 0.5) is 10.5 Å². The molecule has 2 saturated heterocycles. The van der Waals surface area contributed by atoms with Gasteiger partial charge in [-0.15, -0.1) is 0 Å². The summed E-state index contributed by atoms with van der Waals surface area (Å²) in [4.78, 5) is 52.8. The highest BCUT2D eigenvalue weighted by molar-refractivity contribution is 8.18. The molecule has 13 heteroatoms. The van der Waals surface area contributed by atoms with Crippen molar-refractivity contribution in [3.8, 4) is 11.5 Å². The summed E-state index contributed by atoms with van der Waals surface area (Å²) in [7, 11) is 1.40. The van der Waals surface area contributed by atoms with Crippen LogP contribution in [0.15, 0.2) is 41.3 Å². The van der Waals surface area contributed by atoms with Crippen molar-refractivity contribution in [3.63, 3.8) is 0 Å². The largest absolute Gasteiger partial charge is 0.493 e. The van der Waals surface area contributed by atoms with Crippen LogP contribution in [0.1, 0.15) is 5.56 Å². The van der Waals surface area contributed by atoms with Gasteiger partial charge in [-0.05, 0) is 59.8 Å². The summed E-state index contributed by atoms with van der Waals surface area (Å²) in [5.74, 6) is -0.944. The van der Waals surface area contributed by atoms with Gasteiger partial charge in [0.1, 0.15) is 6.54 Å². The summed E-state index contributed by atoms with van der Waals surface area (Å²) in [6.07, 6.45) is 1.48. The third-order valence-corrected chi connectivity index (χ3v) is 7.00. The average Bonchev–Trinajstić information content (AvgIpc) is 3.16. The van der Waals surface area contributed by atoms with E-state index in [0.717, 1.165) is 16.7 Å². The van der Waals surface area contributed by atoms with Gasteiger partial charge in [0, 0.05) is 23.8 Å². The van der Waals surface area contributed by atoms with Crippen LogP contribution >= 0.6 is 35.0 Å². The van der Waals surface area contributed by atoms with E-state index in [9.17, 15) is 19.2 Å². The number of rotatable bonds is 8. The van der Waals surface area contributed by atoms with Gasteiger partial charge in [0.05, 0.1) is 30.3 Å². The molecule has 38 heavy (non-hydrogen) atoms. The molecule has 0 bridgehead atoms. The number of morpholine rings is 1. The molecule has 0 aromatic heterocycles. The number of ether oxygens (including phenoxy) is 3. The minimum Gasteiger partial charge on any atom is -0.493 e. The molecule has 2 aliphatic heterocycles. The second kappa shape index (κ2) is 12.5. The molecule has 4 amide bonds. The number of imide groups is 1. The molecule has 0 spiro atoms. The van der Waals surface area contributed by atoms with E-state index in [-0.39, 0.29) is 40.5 Å². The molecule has 2 aromatic carbocycles. The second-order valence-corrected chi connectivity index (χ2v) is 9.98. The number of carbonyl (C=O) groups excluding carboxylic acids is 4. The van der Waals surface area contributed by atoms with Crippen LogP contribution < -0.4 is 14.8 Å². The summed E-state index contributed by atoms with van der Waals surface area (Å²) >= 11 is 13.0. The maximum Gasteiger partial charge on any atom is 0.294 e. The van der Waals surface area contributed by atoms with Crippen molar-refractivity contribution in [1.29, 1.82) is 0 Å². The number of benzene rings is 2. The normalized spacial score (nSPS) is 16.7. The molecule has 0 atom stereocenters. The topological polar surface area (TPSA) is 114 Å². The van der Waals surface area contributed by atoms with E-state index in [4.69, 9.17) is 37.4 Å². The molecule has 0 radical (unpaired) electrons. The molecule has 2 heterocycles. The molecule has 2 fully saturated rings. The van der Waals surface area contributed by atoms with Gasteiger partial charge in [0.2, 0.25) is 5.91 Å². The highest BCUT2D eigenvalue weighted by Gasteiger charge is 2.37. The Kier molecular flexibility index (Phi) is 9.16. The van der Waals surface area contributed by atoms with Gasteiger partial charge in [-0.25, -0.2) is 0 Å². The van der Waals surface area contributed by atoms with E-state index < -0.39 is 17.1 Å². The molecule has 0 unspecified atom stereocenters. The Bertz CT molecular complexity index is 1280. The van der Waals surface area contributed by atoms with Gasteiger partial charge in [-0.3, -0.25) is 24.1 Å². The molecule has 0 aliphatic carbocycles. The lowest BCUT2D eigenvalue weighted by Gasteiger charge is -2.28. The fourth-order valence-corrected chi connectivity index (χ4v) is 4.90. The van der Waals surface area contributed by atoms with E-state index in [0.29, 0.717) is 42.6 Å². The first-order chi connectivity index (χ1) is 18.2. The zero-order valence-electron chi connectivity index (χ0n) is 20.2. The van der Waals surface area contributed by atoms with Crippen molar-refractivity contribution in [3.05, 3.63) is 56.9 Å². The number of nitrogens with zero attached hydrogens (tertiary/aromatic N) is 2. The first-order valence-electron chi connectivity index (χ1n) is 11.4. The number of methoxy groups -OCH3 is 1. The van der Waals surface area contributed by atoms with Gasteiger partial charge in [-0.2, -0.15) is 0 Å².